The summed E-state index contributed by atoms with van der Waals surface area (Å²) in [5.41, 5.74) is 1.23. The average Bonchev–Trinajstić information content (AvgIpc) is 3.54. The van der Waals surface area contributed by atoms with E-state index >= 15 is 0 Å². The third-order valence-corrected chi connectivity index (χ3v) is 5.21. The minimum Gasteiger partial charge on any atom is -0.446 e. The Bertz CT molecular complexity index is 971. The van der Waals surface area contributed by atoms with Gasteiger partial charge in [0.1, 0.15) is 6.54 Å². The number of nitrogens with one attached hydrogen (secondary N) is 2. The van der Waals surface area contributed by atoms with Gasteiger partial charge < -0.3 is 10.1 Å². The van der Waals surface area contributed by atoms with Gasteiger partial charge in [0.2, 0.25) is 16.1 Å². The zero-order valence-electron chi connectivity index (χ0n) is 15.7. The van der Waals surface area contributed by atoms with Crippen molar-refractivity contribution in [2.75, 3.05) is 6.54 Å². The second kappa shape index (κ2) is 9.49. The Hall–Kier alpha value is -2.97. The summed E-state index contributed by atoms with van der Waals surface area (Å²) in [7, 11) is -3.84. The molecule has 1 atom stereocenters. The summed E-state index contributed by atoms with van der Waals surface area (Å²) in [5, 5.41) is 3.78. The number of hydrogen-bond donors (Lipinski definition) is 2. The molecule has 0 bridgehead atoms. The van der Waals surface area contributed by atoms with Crippen molar-refractivity contribution < 1.29 is 22.7 Å². The molecule has 3 rings (SSSR count). The molecule has 8 heteroatoms. The first-order valence-corrected chi connectivity index (χ1v) is 10.8. The van der Waals surface area contributed by atoms with Gasteiger partial charge in [-0.1, -0.05) is 60.7 Å². The van der Waals surface area contributed by atoms with Gasteiger partial charge in [0.15, 0.2) is 0 Å². The average molecular weight is 414 g/mol. The van der Waals surface area contributed by atoms with Crippen LogP contribution in [0.25, 0.3) is 6.08 Å². The number of hydrogen-bond acceptors (Lipinski definition) is 5. The quantitative estimate of drug-likeness (QED) is 0.612. The number of carbonyl (C=O) groups excluding carboxylic acids is 2. The van der Waals surface area contributed by atoms with Crippen molar-refractivity contribution in [1.29, 1.82) is 0 Å². The number of esters is 1. The maximum Gasteiger partial charge on any atom is 0.322 e. The van der Waals surface area contributed by atoms with E-state index in [9.17, 15) is 18.0 Å². The second-order valence-electron chi connectivity index (χ2n) is 6.64. The van der Waals surface area contributed by atoms with E-state index in [0.29, 0.717) is 11.1 Å². The van der Waals surface area contributed by atoms with Crippen molar-refractivity contribution in [2.24, 2.45) is 0 Å². The third kappa shape index (κ3) is 6.85. The molecule has 7 nitrogen and oxygen atoms in total. The van der Waals surface area contributed by atoms with E-state index < -0.39 is 34.5 Å². The number of rotatable bonds is 9. The highest BCUT2D eigenvalue weighted by Gasteiger charge is 2.30. The Morgan fingerprint density at radius 3 is 2.28 bits per heavy atom. The van der Waals surface area contributed by atoms with Crippen molar-refractivity contribution >= 4 is 28.0 Å². The molecule has 0 saturated heterocycles. The van der Waals surface area contributed by atoms with E-state index in [-0.39, 0.29) is 6.04 Å². The van der Waals surface area contributed by atoms with Gasteiger partial charge in [0.05, 0.1) is 0 Å². The van der Waals surface area contributed by atoms with Gasteiger partial charge in [-0.3, -0.25) is 9.59 Å². The Labute approximate surface area is 169 Å². The molecular weight excluding hydrogens is 392 g/mol. The van der Waals surface area contributed by atoms with Crippen molar-refractivity contribution in [1.82, 2.24) is 10.0 Å². The van der Waals surface area contributed by atoms with Crippen LogP contribution in [0.1, 0.15) is 30.1 Å². The van der Waals surface area contributed by atoms with Crippen LogP contribution in [0.2, 0.25) is 0 Å². The Balaban J connectivity index is 1.59. The highest BCUT2D eigenvalue weighted by molar-refractivity contribution is 7.92. The lowest BCUT2D eigenvalue weighted by Crippen LogP contribution is -2.36. The highest BCUT2D eigenvalue weighted by Crippen LogP contribution is 2.23. The Kier molecular flexibility index (Phi) is 6.79. The zero-order chi connectivity index (χ0) is 20.7. The van der Waals surface area contributed by atoms with E-state index in [1.165, 1.54) is 6.08 Å². The number of sulfonamides is 1. The fraction of sp³-hybridized carbons (Fsp3) is 0.238. The predicted octanol–water partition coefficient (Wildman–Crippen LogP) is 2.14. The second-order valence-corrected chi connectivity index (χ2v) is 8.29. The molecule has 2 aromatic rings. The summed E-state index contributed by atoms with van der Waals surface area (Å²) < 4.78 is 31.6. The molecule has 0 aromatic heterocycles. The van der Waals surface area contributed by atoms with Crippen molar-refractivity contribution in [3.8, 4) is 0 Å². The van der Waals surface area contributed by atoms with Crippen LogP contribution in [0.3, 0.4) is 0 Å². The third-order valence-electron chi connectivity index (χ3n) is 4.17. The minimum atomic E-state index is -3.84. The van der Waals surface area contributed by atoms with Crippen LogP contribution >= 0.6 is 0 Å². The van der Waals surface area contributed by atoms with E-state index in [4.69, 9.17) is 4.74 Å². The first kappa shape index (κ1) is 20.8. The molecule has 1 aliphatic rings. The molecule has 0 radical (unpaired) electrons. The van der Waals surface area contributed by atoms with Gasteiger partial charge in [-0.2, -0.15) is 0 Å². The van der Waals surface area contributed by atoms with Crippen LogP contribution in [0.5, 0.6) is 0 Å². The lowest BCUT2D eigenvalue weighted by Gasteiger charge is -2.18. The summed E-state index contributed by atoms with van der Waals surface area (Å²) in [6.45, 7) is -0.582. The van der Waals surface area contributed by atoms with Gasteiger partial charge in [0, 0.05) is 17.0 Å². The van der Waals surface area contributed by atoms with Crippen molar-refractivity contribution in [3.63, 3.8) is 0 Å². The molecule has 1 aliphatic carbocycles. The van der Waals surface area contributed by atoms with E-state index in [2.05, 4.69) is 10.0 Å². The Morgan fingerprint density at radius 2 is 1.66 bits per heavy atom. The van der Waals surface area contributed by atoms with Crippen molar-refractivity contribution in [2.45, 2.75) is 25.0 Å². The normalized spacial score (nSPS) is 15.0. The van der Waals surface area contributed by atoms with Crippen LogP contribution in [0.15, 0.2) is 66.1 Å². The lowest BCUT2D eigenvalue weighted by atomic mass is 10.1. The number of ether oxygens (including phenoxy) is 1. The van der Waals surface area contributed by atoms with Crippen LogP contribution in [-0.2, 0) is 24.3 Å². The van der Waals surface area contributed by atoms with Crippen LogP contribution in [0.4, 0.5) is 0 Å². The van der Waals surface area contributed by atoms with Crippen molar-refractivity contribution in [3.05, 3.63) is 77.2 Å². The van der Waals surface area contributed by atoms with E-state index in [0.717, 1.165) is 18.2 Å². The monoisotopic (exact) mass is 414 g/mol. The molecule has 1 unspecified atom stereocenters. The van der Waals surface area contributed by atoms with E-state index in [1.54, 1.807) is 54.6 Å². The maximum absolute atomic E-state index is 12.5. The summed E-state index contributed by atoms with van der Waals surface area (Å²) in [4.78, 5) is 24.7. The number of benzene rings is 2. The fourth-order valence-electron chi connectivity index (χ4n) is 2.52. The fourth-order valence-corrected chi connectivity index (χ4v) is 3.27. The molecule has 1 fully saturated rings. The first-order valence-electron chi connectivity index (χ1n) is 9.20. The Morgan fingerprint density at radius 1 is 1.03 bits per heavy atom. The largest absolute Gasteiger partial charge is 0.446 e. The molecule has 2 aromatic carbocycles. The summed E-state index contributed by atoms with van der Waals surface area (Å²) in [5.74, 6) is -1.26. The molecule has 0 heterocycles. The summed E-state index contributed by atoms with van der Waals surface area (Å²) in [6.07, 6.45) is 2.08. The van der Waals surface area contributed by atoms with Gasteiger partial charge in [-0.15, -0.1) is 0 Å². The zero-order valence-corrected chi connectivity index (χ0v) is 16.5. The lowest BCUT2D eigenvalue weighted by molar-refractivity contribution is -0.155. The molecule has 2 N–H and O–H groups in total. The van der Waals surface area contributed by atoms with Gasteiger partial charge in [-0.25, -0.2) is 13.1 Å². The molecule has 1 saturated carbocycles. The standard InChI is InChI=1S/C21H22N2O5S/c24-19(15-22-29(26,27)14-13-16-7-3-1-4-8-16)28-20(17-9-5-2-6-10-17)21(25)23-18-11-12-18/h1-10,13-14,18,20,22H,11-12,15H2,(H,23,25)/b14-13+. The first-order chi connectivity index (χ1) is 13.9. The van der Waals surface area contributed by atoms with Gasteiger partial charge in [0.25, 0.3) is 5.91 Å². The smallest absolute Gasteiger partial charge is 0.322 e. The molecule has 1 amide bonds. The van der Waals surface area contributed by atoms with Gasteiger partial charge in [-0.05, 0) is 24.5 Å². The topological polar surface area (TPSA) is 102 Å². The minimum absolute atomic E-state index is 0.106. The van der Waals surface area contributed by atoms with E-state index in [1.807, 2.05) is 6.07 Å². The number of amides is 1. The summed E-state index contributed by atoms with van der Waals surface area (Å²) in [6, 6.07) is 17.6. The molecule has 0 spiro atoms. The molecule has 29 heavy (non-hydrogen) atoms. The van der Waals surface area contributed by atoms with Crippen LogP contribution in [0, 0.1) is 0 Å². The summed E-state index contributed by atoms with van der Waals surface area (Å²) >= 11 is 0. The predicted molar refractivity (Wildman–Crippen MR) is 109 cm³/mol. The molecule has 0 aliphatic heterocycles. The highest BCUT2D eigenvalue weighted by atomic mass is 32.2. The maximum atomic E-state index is 12.5. The van der Waals surface area contributed by atoms with Crippen LogP contribution < -0.4 is 10.0 Å². The molecule has 152 valence electrons. The van der Waals surface area contributed by atoms with Crippen LogP contribution in [-0.4, -0.2) is 32.9 Å². The number of carbonyl (C=O) groups is 2. The molecular formula is C21H22N2O5S. The van der Waals surface area contributed by atoms with Gasteiger partial charge >= 0.3 is 5.97 Å². The SMILES string of the molecule is O=C(CNS(=O)(=O)/C=C/c1ccccc1)OC(C(=O)NC1CC1)c1ccccc1.